The van der Waals surface area contributed by atoms with Crippen molar-refractivity contribution in [2.45, 2.75) is 18.4 Å². The minimum atomic E-state index is -0.0111. The first-order valence-electron chi connectivity index (χ1n) is 5.51. The van der Waals surface area contributed by atoms with Crippen LogP contribution < -0.4 is 5.32 Å². The van der Waals surface area contributed by atoms with Crippen molar-refractivity contribution < 1.29 is 0 Å². The Hall–Kier alpha value is -1.62. The number of nitrogens with one attached hydrogen (secondary N) is 1. The van der Waals surface area contributed by atoms with Gasteiger partial charge < -0.3 is 5.32 Å². The average Bonchev–Trinajstić information content (AvgIpc) is 3.00. The Morgan fingerprint density at radius 2 is 2.06 bits per heavy atom. The van der Waals surface area contributed by atoms with Gasteiger partial charge in [0.15, 0.2) is 0 Å². The number of hydrogen-bond donors (Lipinski definition) is 1. The van der Waals surface area contributed by atoms with Crippen molar-refractivity contribution in [1.82, 2.24) is 20.2 Å². The molecule has 88 valence electrons. The van der Waals surface area contributed by atoms with Gasteiger partial charge in [0, 0.05) is 5.88 Å². The third kappa shape index (κ3) is 1.98. The number of hydrogen-bond acceptors (Lipinski definition) is 4. The van der Waals surface area contributed by atoms with E-state index in [0.717, 1.165) is 18.5 Å². The molecule has 5 nitrogen and oxygen atoms in total. The number of alkyl halides is 1. The molecular formula is C11H12ClN5. The molecular weight excluding hydrogens is 238 g/mol. The Kier molecular flexibility index (Phi) is 2.48. The summed E-state index contributed by atoms with van der Waals surface area (Å²) < 4.78 is 1.69. The highest BCUT2D eigenvalue weighted by Gasteiger charge is 2.43. The standard InChI is InChI=1S/C11H12ClN5/c12-8-11(6-7-11)13-10-14-15-16-17(10)9-4-2-1-3-5-9/h1-5H,6-8H2,(H,13,14,16). The van der Waals surface area contributed by atoms with E-state index in [1.54, 1.807) is 4.68 Å². The Morgan fingerprint density at radius 1 is 1.29 bits per heavy atom. The van der Waals surface area contributed by atoms with Gasteiger partial charge >= 0.3 is 0 Å². The summed E-state index contributed by atoms with van der Waals surface area (Å²) in [7, 11) is 0. The number of rotatable bonds is 4. The third-order valence-corrected chi connectivity index (χ3v) is 3.47. The fourth-order valence-electron chi connectivity index (χ4n) is 1.69. The molecule has 1 aliphatic rings. The van der Waals surface area contributed by atoms with Crippen LogP contribution in [-0.2, 0) is 0 Å². The lowest BCUT2D eigenvalue weighted by atomic mass is 10.3. The van der Waals surface area contributed by atoms with Crippen LogP contribution in [0.4, 0.5) is 5.95 Å². The predicted octanol–water partition coefficient (Wildman–Crippen LogP) is 1.85. The predicted molar refractivity (Wildman–Crippen MR) is 65.5 cm³/mol. The SMILES string of the molecule is ClCC1(Nc2nnnn2-c2ccccc2)CC1. The van der Waals surface area contributed by atoms with Crippen LogP contribution in [0.25, 0.3) is 5.69 Å². The molecule has 0 atom stereocenters. The topological polar surface area (TPSA) is 55.6 Å². The lowest BCUT2D eigenvalue weighted by Gasteiger charge is -2.14. The molecule has 3 rings (SSSR count). The molecule has 1 fully saturated rings. The summed E-state index contributed by atoms with van der Waals surface area (Å²) in [6.07, 6.45) is 2.14. The van der Waals surface area contributed by atoms with Crippen LogP contribution in [0.2, 0.25) is 0 Å². The largest absolute Gasteiger partial charge is 0.346 e. The van der Waals surface area contributed by atoms with Crippen molar-refractivity contribution in [3.63, 3.8) is 0 Å². The molecule has 0 bridgehead atoms. The highest BCUT2D eigenvalue weighted by Crippen LogP contribution is 2.39. The van der Waals surface area contributed by atoms with Gasteiger partial charge in [-0.15, -0.1) is 11.6 Å². The van der Waals surface area contributed by atoms with Crippen molar-refractivity contribution in [3.8, 4) is 5.69 Å². The maximum atomic E-state index is 5.93. The van der Waals surface area contributed by atoms with E-state index in [9.17, 15) is 0 Å². The number of halogens is 1. The van der Waals surface area contributed by atoms with Crippen LogP contribution in [0, 0.1) is 0 Å². The smallest absolute Gasteiger partial charge is 0.248 e. The Morgan fingerprint density at radius 3 is 2.71 bits per heavy atom. The minimum Gasteiger partial charge on any atom is -0.346 e. The Labute approximate surface area is 104 Å². The summed E-state index contributed by atoms with van der Waals surface area (Å²) in [6.45, 7) is 0. The van der Waals surface area contributed by atoms with E-state index in [4.69, 9.17) is 11.6 Å². The van der Waals surface area contributed by atoms with Gasteiger partial charge in [-0.1, -0.05) is 23.3 Å². The monoisotopic (exact) mass is 249 g/mol. The van der Waals surface area contributed by atoms with Gasteiger partial charge in [-0.05, 0) is 35.4 Å². The van der Waals surface area contributed by atoms with Crippen LogP contribution in [0.3, 0.4) is 0 Å². The van der Waals surface area contributed by atoms with Crippen LogP contribution in [0.1, 0.15) is 12.8 Å². The number of tetrazole rings is 1. The van der Waals surface area contributed by atoms with Gasteiger partial charge in [0.2, 0.25) is 5.95 Å². The molecule has 0 spiro atoms. The molecule has 1 heterocycles. The van der Waals surface area contributed by atoms with Crippen molar-refractivity contribution in [1.29, 1.82) is 0 Å². The normalized spacial score (nSPS) is 16.8. The highest BCUT2D eigenvalue weighted by atomic mass is 35.5. The second kappa shape index (κ2) is 4.00. The summed E-state index contributed by atoms with van der Waals surface area (Å²) in [5.41, 5.74) is 0.924. The summed E-state index contributed by atoms with van der Waals surface area (Å²) in [6, 6.07) is 9.79. The van der Waals surface area contributed by atoms with Gasteiger partial charge in [0.25, 0.3) is 0 Å². The van der Waals surface area contributed by atoms with E-state index in [2.05, 4.69) is 20.8 Å². The Bertz CT molecular complexity index is 506. The quantitative estimate of drug-likeness (QED) is 0.841. The van der Waals surface area contributed by atoms with Crippen molar-refractivity contribution in [2.75, 3.05) is 11.2 Å². The van der Waals surface area contributed by atoms with Gasteiger partial charge in [0.05, 0.1) is 11.2 Å². The van der Waals surface area contributed by atoms with Gasteiger partial charge in [-0.25, -0.2) is 0 Å². The summed E-state index contributed by atoms with van der Waals surface area (Å²) in [5.74, 6) is 1.23. The van der Waals surface area contributed by atoms with Gasteiger partial charge in [-0.2, -0.15) is 4.68 Å². The molecule has 1 aromatic carbocycles. The highest BCUT2D eigenvalue weighted by molar-refractivity contribution is 6.19. The molecule has 1 aromatic heterocycles. The van der Waals surface area contributed by atoms with E-state index >= 15 is 0 Å². The van der Waals surface area contributed by atoms with Crippen molar-refractivity contribution in [3.05, 3.63) is 30.3 Å². The molecule has 0 unspecified atom stereocenters. The van der Waals surface area contributed by atoms with E-state index < -0.39 is 0 Å². The summed E-state index contributed by atoms with van der Waals surface area (Å²) >= 11 is 5.93. The van der Waals surface area contributed by atoms with E-state index in [-0.39, 0.29) is 5.54 Å². The average molecular weight is 250 g/mol. The molecule has 17 heavy (non-hydrogen) atoms. The zero-order valence-corrected chi connectivity index (χ0v) is 9.93. The molecule has 6 heteroatoms. The van der Waals surface area contributed by atoms with Crippen LogP contribution in [-0.4, -0.2) is 31.6 Å². The first-order valence-corrected chi connectivity index (χ1v) is 6.04. The summed E-state index contributed by atoms with van der Waals surface area (Å²) in [5, 5.41) is 15.0. The maximum absolute atomic E-state index is 5.93. The summed E-state index contributed by atoms with van der Waals surface area (Å²) in [4.78, 5) is 0. The van der Waals surface area contributed by atoms with Crippen LogP contribution >= 0.6 is 11.6 Å². The zero-order valence-electron chi connectivity index (χ0n) is 9.17. The molecule has 0 aliphatic heterocycles. The van der Waals surface area contributed by atoms with E-state index in [0.29, 0.717) is 11.8 Å². The molecule has 1 N–H and O–H groups in total. The number of benzene rings is 1. The molecule has 0 saturated heterocycles. The number of para-hydroxylation sites is 1. The fourth-order valence-corrected chi connectivity index (χ4v) is 2.02. The molecule has 0 amide bonds. The van der Waals surface area contributed by atoms with Gasteiger partial charge in [0.1, 0.15) is 0 Å². The van der Waals surface area contributed by atoms with E-state index in [1.165, 1.54) is 0 Å². The van der Waals surface area contributed by atoms with Crippen molar-refractivity contribution in [2.24, 2.45) is 0 Å². The molecule has 1 aliphatic carbocycles. The molecule has 2 aromatic rings. The number of nitrogens with zero attached hydrogens (tertiary/aromatic N) is 4. The number of anilines is 1. The third-order valence-electron chi connectivity index (χ3n) is 2.96. The first kappa shape index (κ1) is 10.5. The van der Waals surface area contributed by atoms with Crippen LogP contribution in [0.15, 0.2) is 30.3 Å². The fraction of sp³-hybridized carbons (Fsp3) is 0.364. The Balaban J connectivity index is 1.90. The first-order chi connectivity index (χ1) is 8.33. The van der Waals surface area contributed by atoms with E-state index in [1.807, 2.05) is 30.3 Å². The zero-order chi connectivity index (χ0) is 11.7. The molecule has 1 saturated carbocycles. The maximum Gasteiger partial charge on any atom is 0.248 e. The van der Waals surface area contributed by atoms with Crippen molar-refractivity contribution >= 4 is 17.5 Å². The van der Waals surface area contributed by atoms with Crippen LogP contribution in [0.5, 0.6) is 0 Å². The lowest BCUT2D eigenvalue weighted by Crippen LogP contribution is -2.25. The van der Waals surface area contributed by atoms with Gasteiger partial charge in [-0.3, -0.25) is 0 Å². The number of aromatic nitrogens is 4. The minimum absolute atomic E-state index is 0.0111. The second-order valence-corrected chi connectivity index (χ2v) is 4.56. The molecule has 0 radical (unpaired) electrons. The second-order valence-electron chi connectivity index (χ2n) is 4.29. The lowest BCUT2D eigenvalue weighted by molar-refractivity contribution is 0.771.